The van der Waals surface area contributed by atoms with Gasteiger partial charge in [0.25, 0.3) is 0 Å². The molecule has 0 bridgehead atoms. The third-order valence-corrected chi connectivity index (χ3v) is 20.0. The van der Waals surface area contributed by atoms with E-state index in [1.165, 1.54) is 135 Å². The molecule has 0 heterocycles. The maximum atomic E-state index is 13.1. The summed E-state index contributed by atoms with van der Waals surface area (Å²) in [7, 11) is -9.97. The summed E-state index contributed by atoms with van der Waals surface area (Å²) in [6.45, 7) is 4.69. The van der Waals surface area contributed by atoms with Crippen LogP contribution in [-0.4, -0.2) is 96.7 Å². The van der Waals surface area contributed by atoms with Gasteiger partial charge in [-0.25, -0.2) is 9.13 Å². The molecule has 0 spiro atoms. The zero-order valence-corrected chi connectivity index (χ0v) is 69.1. The molecular formula is C87H154O17P2. The van der Waals surface area contributed by atoms with Gasteiger partial charge in [0.05, 0.1) is 26.4 Å². The highest BCUT2D eigenvalue weighted by Gasteiger charge is 2.30. The molecular weight excluding hydrogens is 1380 g/mol. The monoisotopic (exact) mass is 1530 g/mol. The first-order valence-corrected chi connectivity index (χ1v) is 45.5. The minimum atomic E-state index is -4.99. The molecule has 0 radical (unpaired) electrons. The van der Waals surface area contributed by atoms with Crippen molar-refractivity contribution in [2.75, 3.05) is 39.6 Å². The number of unbranched alkanes of at least 4 members (excludes halogenated alkanes) is 38. The highest BCUT2D eigenvalue weighted by molar-refractivity contribution is 7.47. The second-order valence-corrected chi connectivity index (χ2v) is 31.3. The zero-order chi connectivity index (χ0) is 77.4. The molecule has 614 valence electrons. The highest BCUT2D eigenvalue weighted by atomic mass is 31.2. The standard InChI is InChI=1S/C87H154O17P2/c1-5-9-13-17-21-25-29-33-37-39-40-42-45-48-52-56-60-64-68-72-85(90)98-78-83(104-87(92)74-70-66-62-58-54-50-46-41-38-34-30-26-22-18-14-10-6-2)80-102-106(95,96)100-76-81(88)75-99-105(93,94)101-79-82(103-86(91)73-69-65-61-57-53-49-44-36-32-28-24-20-16-12-8-4)77-97-84(89)71-67-63-59-55-51-47-43-35-31-27-23-19-15-11-7-3/h9-10,13-14,21-22,25-26,33-34,37-38,40,42,48,52,81-83,88H,5-8,11-12,15-20,23-24,27-32,35-36,39,41,43-47,49-51,53-80H2,1-4H3,(H,93,94)(H,95,96)/b13-9-,14-10-,25-21-,26-22-,37-33-,38-34-,42-40-,52-48-. The molecule has 106 heavy (non-hydrogen) atoms. The van der Waals surface area contributed by atoms with Crippen LogP contribution in [0.4, 0.5) is 0 Å². The van der Waals surface area contributed by atoms with Gasteiger partial charge in [0.1, 0.15) is 19.3 Å². The Hall–Kier alpha value is -4.02. The van der Waals surface area contributed by atoms with E-state index < -0.39 is 97.5 Å². The summed E-state index contributed by atoms with van der Waals surface area (Å²) in [4.78, 5) is 73.2. The molecule has 0 saturated carbocycles. The average molecular weight is 1530 g/mol. The van der Waals surface area contributed by atoms with Crippen LogP contribution in [0.3, 0.4) is 0 Å². The first-order chi connectivity index (χ1) is 51.7. The number of phosphoric ester groups is 2. The third-order valence-electron chi connectivity index (χ3n) is 18.1. The fourth-order valence-electron chi connectivity index (χ4n) is 11.7. The van der Waals surface area contributed by atoms with Gasteiger partial charge in [0.15, 0.2) is 12.2 Å². The Bertz CT molecular complexity index is 2380. The number of carbonyl (C=O) groups excluding carboxylic acids is 4. The number of phosphoric acid groups is 2. The molecule has 3 N–H and O–H groups in total. The van der Waals surface area contributed by atoms with Gasteiger partial charge >= 0.3 is 39.5 Å². The van der Waals surface area contributed by atoms with Crippen molar-refractivity contribution >= 4 is 39.5 Å². The molecule has 0 fully saturated rings. The van der Waals surface area contributed by atoms with E-state index in [1.807, 2.05) is 0 Å². The summed E-state index contributed by atoms with van der Waals surface area (Å²) < 4.78 is 68.8. The lowest BCUT2D eigenvalue weighted by Crippen LogP contribution is -2.30. The lowest BCUT2D eigenvalue weighted by atomic mass is 10.0. The van der Waals surface area contributed by atoms with Crippen molar-refractivity contribution < 1.29 is 80.2 Å². The molecule has 0 saturated heterocycles. The molecule has 19 heteroatoms. The van der Waals surface area contributed by atoms with Gasteiger partial charge in [-0.2, -0.15) is 0 Å². The molecule has 0 rings (SSSR count). The van der Waals surface area contributed by atoms with Gasteiger partial charge in [-0.1, -0.05) is 343 Å². The van der Waals surface area contributed by atoms with Crippen molar-refractivity contribution in [3.8, 4) is 0 Å². The van der Waals surface area contributed by atoms with Crippen LogP contribution in [-0.2, 0) is 65.4 Å². The van der Waals surface area contributed by atoms with E-state index in [4.69, 9.17) is 37.0 Å². The number of aliphatic hydroxyl groups is 1. The van der Waals surface area contributed by atoms with E-state index in [9.17, 15) is 43.2 Å². The maximum absolute atomic E-state index is 13.1. The Morgan fingerprint density at radius 3 is 0.764 bits per heavy atom. The van der Waals surface area contributed by atoms with Gasteiger partial charge in [-0.3, -0.25) is 37.3 Å². The summed E-state index contributed by atoms with van der Waals surface area (Å²) in [6.07, 6.45) is 85.1. The van der Waals surface area contributed by atoms with Gasteiger partial charge < -0.3 is 33.8 Å². The van der Waals surface area contributed by atoms with Crippen LogP contribution in [0.2, 0.25) is 0 Å². The van der Waals surface area contributed by atoms with Crippen molar-refractivity contribution in [1.82, 2.24) is 0 Å². The Morgan fingerprint density at radius 1 is 0.274 bits per heavy atom. The van der Waals surface area contributed by atoms with E-state index in [1.54, 1.807) is 0 Å². The summed E-state index contributed by atoms with van der Waals surface area (Å²) in [5.41, 5.74) is 0. The van der Waals surface area contributed by atoms with E-state index in [2.05, 4.69) is 125 Å². The Balaban J connectivity index is 5.38. The molecule has 5 unspecified atom stereocenters. The maximum Gasteiger partial charge on any atom is 0.472 e. The number of ether oxygens (including phenoxy) is 4. The van der Waals surface area contributed by atoms with E-state index in [0.717, 1.165) is 161 Å². The molecule has 17 nitrogen and oxygen atoms in total. The average Bonchev–Trinajstić information content (AvgIpc) is 0.902. The van der Waals surface area contributed by atoms with Crippen molar-refractivity contribution in [2.45, 2.75) is 393 Å². The predicted octanol–water partition coefficient (Wildman–Crippen LogP) is 25.1. The number of esters is 4. The molecule has 0 aromatic heterocycles. The van der Waals surface area contributed by atoms with Crippen molar-refractivity contribution in [3.63, 3.8) is 0 Å². The van der Waals surface area contributed by atoms with Crippen LogP contribution < -0.4 is 0 Å². The summed E-state index contributed by atoms with van der Waals surface area (Å²) >= 11 is 0. The fourth-order valence-corrected chi connectivity index (χ4v) is 13.3. The van der Waals surface area contributed by atoms with Gasteiger partial charge in [-0.05, 0) is 103 Å². The van der Waals surface area contributed by atoms with E-state index in [-0.39, 0.29) is 25.7 Å². The Morgan fingerprint density at radius 2 is 0.491 bits per heavy atom. The van der Waals surface area contributed by atoms with Crippen molar-refractivity contribution in [1.29, 1.82) is 0 Å². The largest absolute Gasteiger partial charge is 0.472 e. The molecule has 0 aliphatic carbocycles. The van der Waals surface area contributed by atoms with Crippen molar-refractivity contribution in [3.05, 3.63) is 97.2 Å². The molecule has 5 atom stereocenters. The summed E-state index contributed by atoms with van der Waals surface area (Å²) in [5.74, 6) is -2.19. The van der Waals surface area contributed by atoms with Gasteiger partial charge in [0.2, 0.25) is 0 Å². The Kier molecular flexibility index (Phi) is 76.1. The van der Waals surface area contributed by atoms with Crippen molar-refractivity contribution in [2.24, 2.45) is 0 Å². The number of allylic oxidation sites excluding steroid dienone is 16. The third kappa shape index (κ3) is 78.1. The first kappa shape index (κ1) is 102. The predicted molar refractivity (Wildman–Crippen MR) is 436 cm³/mol. The normalized spacial score (nSPS) is 14.3. The van der Waals surface area contributed by atoms with Crippen LogP contribution >= 0.6 is 15.6 Å². The van der Waals surface area contributed by atoms with Crippen LogP contribution in [0.25, 0.3) is 0 Å². The highest BCUT2D eigenvalue weighted by Crippen LogP contribution is 2.45. The van der Waals surface area contributed by atoms with Crippen LogP contribution in [0.15, 0.2) is 97.2 Å². The summed E-state index contributed by atoms with van der Waals surface area (Å²) in [5, 5.41) is 10.7. The quantitative estimate of drug-likeness (QED) is 0.0169. The summed E-state index contributed by atoms with van der Waals surface area (Å²) in [6, 6.07) is 0. The molecule has 0 aromatic carbocycles. The molecule has 0 aliphatic rings. The number of carbonyl (C=O) groups is 4. The number of aliphatic hydroxyl groups excluding tert-OH is 1. The molecule has 0 aliphatic heterocycles. The number of rotatable bonds is 80. The zero-order valence-electron chi connectivity index (χ0n) is 67.3. The fraction of sp³-hybridized carbons (Fsp3) is 0.770. The molecule has 0 amide bonds. The SMILES string of the molecule is CC/C=C\C/C=C\C/C=C\C/C=C\C/C=C\CCCCCC(=O)OCC(COP(=O)(O)OCC(O)COP(=O)(O)OCC(COC(=O)CCCCCCCCCCCCCCCCC)OC(=O)CCCCCCCCCCCCCCCCC)OC(=O)CCCCCCCCC/C=C\C/C=C\C/C=C\CC. The van der Waals surface area contributed by atoms with E-state index >= 15 is 0 Å². The smallest absolute Gasteiger partial charge is 0.462 e. The lowest BCUT2D eigenvalue weighted by Gasteiger charge is -2.21. The minimum absolute atomic E-state index is 0.0762. The lowest BCUT2D eigenvalue weighted by molar-refractivity contribution is -0.161. The number of hydrogen-bond donors (Lipinski definition) is 3. The molecule has 0 aromatic rings. The van der Waals surface area contributed by atoms with Crippen LogP contribution in [0.5, 0.6) is 0 Å². The van der Waals surface area contributed by atoms with E-state index in [0.29, 0.717) is 25.7 Å². The van der Waals surface area contributed by atoms with Crippen LogP contribution in [0, 0.1) is 0 Å². The topological polar surface area (TPSA) is 237 Å². The van der Waals surface area contributed by atoms with Gasteiger partial charge in [-0.15, -0.1) is 0 Å². The number of hydrogen-bond acceptors (Lipinski definition) is 15. The minimum Gasteiger partial charge on any atom is -0.462 e. The van der Waals surface area contributed by atoms with Gasteiger partial charge in [0, 0.05) is 25.7 Å². The second kappa shape index (κ2) is 79.1. The first-order valence-electron chi connectivity index (χ1n) is 42.5. The Labute approximate surface area is 646 Å². The van der Waals surface area contributed by atoms with Crippen LogP contribution in [0.1, 0.15) is 374 Å². The second-order valence-electron chi connectivity index (χ2n) is 28.4.